The number of rotatable bonds is 0. The molecule has 0 radical (unpaired) electrons. The molecule has 47 heavy (non-hydrogen) atoms. The lowest BCUT2D eigenvalue weighted by atomic mass is 9.25. The lowest BCUT2D eigenvalue weighted by molar-refractivity contribution is 0.338. The lowest BCUT2D eigenvalue weighted by Gasteiger charge is -2.54. The van der Waals surface area contributed by atoms with Crippen LogP contribution in [0, 0.1) is 0 Å². The zero-order chi connectivity index (χ0) is 31.1. The highest BCUT2D eigenvalue weighted by molar-refractivity contribution is 7.00. The first kappa shape index (κ1) is 26.7. The van der Waals surface area contributed by atoms with Crippen LogP contribution in [0.15, 0.2) is 84.9 Å². The molecule has 12 rings (SSSR count). The van der Waals surface area contributed by atoms with Crippen molar-refractivity contribution in [1.82, 2.24) is 14.0 Å². The van der Waals surface area contributed by atoms with E-state index < -0.39 is 0 Å². The minimum Gasteiger partial charge on any atom is -0.281 e. The van der Waals surface area contributed by atoms with Gasteiger partial charge >= 0.3 is 0 Å². The summed E-state index contributed by atoms with van der Waals surface area (Å²) < 4.78 is 5.07. The summed E-state index contributed by atoms with van der Waals surface area (Å²) in [5.41, 5.74) is 17.9. The zero-order valence-corrected chi connectivity index (χ0v) is 27.6. The van der Waals surface area contributed by atoms with Crippen LogP contribution in [0.3, 0.4) is 0 Å². The average Bonchev–Trinajstić information content (AvgIpc) is 3.53. The van der Waals surface area contributed by atoms with E-state index >= 15 is 0 Å². The first-order valence-electron chi connectivity index (χ1n) is 18.5. The summed E-state index contributed by atoms with van der Waals surface area (Å²) >= 11 is 0. The topological polar surface area (TPSA) is 22.2 Å². The Balaban J connectivity index is 0.00000133. The monoisotopic (exact) mass is 609 g/mol. The Bertz CT molecular complexity index is 2470. The molecule has 4 heteroatoms. The Morgan fingerprint density at radius 1 is 0.596 bits per heavy atom. The second-order valence-electron chi connectivity index (χ2n) is 14.9. The number of fused-ring (bicyclic) bond motifs is 10. The van der Waals surface area contributed by atoms with Gasteiger partial charge in [0, 0.05) is 21.9 Å². The van der Waals surface area contributed by atoms with Crippen LogP contribution >= 0.6 is 0 Å². The van der Waals surface area contributed by atoms with Gasteiger partial charge in [-0.25, -0.2) is 4.98 Å². The van der Waals surface area contributed by atoms with E-state index in [0.29, 0.717) is 0 Å². The molecular formula is C43H40BN3. The lowest BCUT2D eigenvalue weighted by Crippen LogP contribution is -2.70. The predicted molar refractivity (Wildman–Crippen MR) is 197 cm³/mol. The van der Waals surface area contributed by atoms with Crippen LogP contribution in [0.1, 0.15) is 100 Å². The summed E-state index contributed by atoms with van der Waals surface area (Å²) in [7, 11) is 0. The van der Waals surface area contributed by atoms with E-state index in [9.17, 15) is 0 Å². The van der Waals surface area contributed by atoms with Crippen molar-refractivity contribution in [2.45, 2.75) is 88.9 Å². The van der Waals surface area contributed by atoms with Gasteiger partial charge in [0.05, 0.1) is 22.1 Å². The van der Waals surface area contributed by atoms with Crippen molar-refractivity contribution < 1.29 is 0 Å². The fourth-order valence-electron chi connectivity index (χ4n) is 11.6. The molecule has 0 unspecified atom stereocenters. The van der Waals surface area contributed by atoms with Gasteiger partial charge in [-0.2, -0.15) is 0 Å². The summed E-state index contributed by atoms with van der Waals surface area (Å²) in [5, 5.41) is 2.77. The number of hydrogen-bond donors (Lipinski definition) is 0. The Hall–Kier alpha value is -4.31. The molecule has 230 valence electrons. The molecule has 2 aromatic heterocycles. The SMILES string of the molecule is CC.c1cc2c3c(c1)C1(CCCCC1)c1cccc4c1B3c1c(cc3cccc5c3c1n-2c1nc2ccccc2n51)C41CCCCC1. The normalized spacial score (nSPS) is 19.1. The summed E-state index contributed by atoms with van der Waals surface area (Å²) in [6.07, 6.45) is 13.0. The largest absolute Gasteiger partial charge is 0.281 e. The quantitative estimate of drug-likeness (QED) is 0.158. The maximum absolute atomic E-state index is 5.45. The Labute approximate surface area is 276 Å². The predicted octanol–water partition coefficient (Wildman–Crippen LogP) is 8.57. The Morgan fingerprint density at radius 2 is 1.21 bits per heavy atom. The first-order chi connectivity index (χ1) is 23.3. The molecule has 5 aromatic carbocycles. The van der Waals surface area contributed by atoms with Crippen LogP contribution < -0.4 is 16.4 Å². The third-order valence-corrected chi connectivity index (χ3v) is 13.1. The fourth-order valence-corrected chi connectivity index (χ4v) is 11.6. The van der Waals surface area contributed by atoms with Gasteiger partial charge in [0.15, 0.2) is 0 Å². The van der Waals surface area contributed by atoms with Crippen molar-refractivity contribution in [3.8, 4) is 5.69 Å². The van der Waals surface area contributed by atoms with Gasteiger partial charge in [0.1, 0.15) is 0 Å². The highest BCUT2D eigenvalue weighted by atomic mass is 15.2. The molecule has 0 atom stereocenters. The van der Waals surface area contributed by atoms with Crippen LogP contribution in [0.25, 0.3) is 44.3 Å². The standard InChI is InChI=1S/C41H34BN3.C2H6/c1-5-20-40(21-6-1)26-13-10-14-27-35(26)42-36-28(40)15-11-19-33(36)45-38-34-25(24-29(37(38)42)41(27)22-7-2-8-23-41)12-9-18-32(34)44-31-17-4-3-16-30(31)43-39(44)45;1-2/h3-4,9-19,24H,1-2,5-8,20-23H2;1-2H3. The summed E-state index contributed by atoms with van der Waals surface area (Å²) in [6, 6.07) is 33.2. The molecule has 0 bridgehead atoms. The number of hydrogen-bond acceptors (Lipinski definition) is 1. The van der Waals surface area contributed by atoms with E-state index in [1.54, 1.807) is 38.6 Å². The maximum atomic E-state index is 5.45. The minimum absolute atomic E-state index is 0.0824. The molecule has 2 aliphatic carbocycles. The Kier molecular flexibility index (Phi) is 5.22. The first-order valence-corrected chi connectivity index (χ1v) is 18.5. The average molecular weight is 610 g/mol. The Morgan fingerprint density at radius 3 is 1.96 bits per heavy atom. The maximum Gasteiger partial charge on any atom is 0.248 e. The molecule has 3 aliphatic heterocycles. The summed E-state index contributed by atoms with van der Waals surface area (Å²) in [6.45, 7) is 4.29. The molecule has 3 nitrogen and oxygen atoms in total. The van der Waals surface area contributed by atoms with Gasteiger partial charge < -0.3 is 0 Å². The minimum atomic E-state index is 0.0824. The van der Waals surface area contributed by atoms with E-state index in [4.69, 9.17) is 4.98 Å². The van der Waals surface area contributed by atoms with Crippen LogP contribution in [-0.2, 0) is 10.8 Å². The molecule has 7 aromatic rings. The van der Waals surface area contributed by atoms with Crippen molar-refractivity contribution in [3.63, 3.8) is 0 Å². The van der Waals surface area contributed by atoms with Crippen molar-refractivity contribution >= 4 is 61.7 Å². The van der Waals surface area contributed by atoms with E-state index in [1.807, 2.05) is 13.8 Å². The highest BCUT2D eigenvalue weighted by Crippen LogP contribution is 2.53. The molecule has 5 heterocycles. The van der Waals surface area contributed by atoms with Crippen LogP contribution in [0.4, 0.5) is 0 Å². The van der Waals surface area contributed by atoms with Crippen molar-refractivity contribution in [2.24, 2.45) is 0 Å². The molecular weight excluding hydrogens is 569 g/mol. The summed E-state index contributed by atoms with van der Waals surface area (Å²) in [5.74, 6) is 1.05. The molecule has 2 spiro atoms. The second-order valence-corrected chi connectivity index (χ2v) is 14.9. The van der Waals surface area contributed by atoms with E-state index in [2.05, 4.69) is 93.9 Å². The van der Waals surface area contributed by atoms with E-state index in [-0.39, 0.29) is 17.5 Å². The van der Waals surface area contributed by atoms with Gasteiger partial charge in [0.25, 0.3) is 0 Å². The van der Waals surface area contributed by atoms with Gasteiger partial charge in [-0.3, -0.25) is 8.97 Å². The second kappa shape index (κ2) is 9.19. The molecule has 2 saturated carbocycles. The molecule has 5 aliphatic rings. The number of nitrogens with zero attached hydrogens (tertiary/aromatic N) is 3. The van der Waals surface area contributed by atoms with Gasteiger partial charge in [-0.1, -0.05) is 118 Å². The van der Waals surface area contributed by atoms with Gasteiger partial charge in [0.2, 0.25) is 12.5 Å². The molecule has 0 amide bonds. The molecule has 0 saturated heterocycles. The number of imidazole rings is 1. The number of para-hydroxylation sites is 2. The number of aromatic nitrogens is 3. The third kappa shape index (κ3) is 2.97. The highest BCUT2D eigenvalue weighted by Gasteiger charge is 2.56. The molecule has 2 fully saturated rings. The van der Waals surface area contributed by atoms with Crippen molar-refractivity contribution in [1.29, 1.82) is 0 Å². The third-order valence-electron chi connectivity index (χ3n) is 13.1. The molecule has 0 N–H and O–H groups in total. The van der Waals surface area contributed by atoms with E-state index in [1.165, 1.54) is 97.2 Å². The van der Waals surface area contributed by atoms with Crippen molar-refractivity contribution in [3.05, 3.63) is 107 Å². The van der Waals surface area contributed by atoms with Crippen molar-refractivity contribution in [2.75, 3.05) is 0 Å². The summed E-state index contributed by atoms with van der Waals surface area (Å²) in [4.78, 5) is 5.45. The van der Waals surface area contributed by atoms with Gasteiger partial charge in [-0.05, 0) is 88.5 Å². The smallest absolute Gasteiger partial charge is 0.248 e. The van der Waals surface area contributed by atoms with Crippen LogP contribution in [0.5, 0.6) is 0 Å². The number of benzene rings is 5. The van der Waals surface area contributed by atoms with E-state index in [0.717, 1.165) is 11.3 Å². The zero-order valence-electron chi connectivity index (χ0n) is 27.6. The van der Waals surface area contributed by atoms with Gasteiger partial charge in [-0.15, -0.1) is 0 Å². The van der Waals surface area contributed by atoms with Crippen LogP contribution in [0.2, 0.25) is 0 Å². The fraction of sp³-hybridized carbons (Fsp3) is 0.326. The van der Waals surface area contributed by atoms with Crippen LogP contribution in [-0.4, -0.2) is 20.7 Å².